The molecule has 1 amide bonds. The fraction of sp³-hybridized carbons (Fsp3) is 0.500. The highest BCUT2D eigenvalue weighted by Gasteiger charge is 2.13. The highest BCUT2D eigenvalue weighted by atomic mass is 16.5. The van der Waals surface area contributed by atoms with E-state index in [0.29, 0.717) is 6.42 Å². The lowest BCUT2D eigenvalue weighted by molar-refractivity contribution is -0.122. The molecule has 0 aliphatic carbocycles. The van der Waals surface area contributed by atoms with E-state index in [9.17, 15) is 4.79 Å². The van der Waals surface area contributed by atoms with Gasteiger partial charge < -0.3 is 15.8 Å². The summed E-state index contributed by atoms with van der Waals surface area (Å²) in [6.45, 7) is 3.87. The standard InChI is InChI=1S/C14H22N2O2/c1-4-13(16-14(17)9-10(2)15)11-5-7-12(18-3)8-6-11/h5-8,10,13H,4,9,15H2,1-3H3,(H,16,17). The summed E-state index contributed by atoms with van der Waals surface area (Å²) in [6.07, 6.45) is 1.20. The van der Waals surface area contributed by atoms with Crippen LogP contribution in [0.4, 0.5) is 0 Å². The Labute approximate surface area is 109 Å². The second-order valence-electron chi connectivity index (χ2n) is 4.48. The molecule has 2 unspecified atom stereocenters. The molecule has 4 heteroatoms. The average Bonchev–Trinajstić information content (AvgIpc) is 2.35. The smallest absolute Gasteiger partial charge is 0.222 e. The Morgan fingerprint density at radius 2 is 2.00 bits per heavy atom. The van der Waals surface area contributed by atoms with Gasteiger partial charge in [-0.05, 0) is 31.0 Å². The number of ether oxygens (including phenoxy) is 1. The molecule has 0 saturated carbocycles. The number of carbonyl (C=O) groups is 1. The summed E-state index contributed by atoms with van der Waals surface area (Å²) in [6, 6.07) is 7.66. The number of amides is 1. The zero-order valence-corrected chi connectivity index (χ0v) is 11.3. The van der Waals surface area contributed by atoms with E-state index in [1.807, 2.05) is 38.1 Å². The SMILES string of the molecule is CCC(NC(=O)CC(C)N)c1ccc(OC)cc1. The Morgan fingerprint density at radius 3 is 2.44 bits per heavy atom. The van der Waals surface area contributed by atoms with Crippen molar-refractivity contribution in [2.24, 2.45) is 5.73 Å². The van der Waals surface area contributed by atoms with Gasteiger partial charge >= 0.3 is 0 Å². The predicted molar refractivity (Wildman–Crippen MR) is 72.4 cm³/mol. The Kier molecular flexibility index (Phi) is 5.65. The lowest BCUT2D eigenvalue weighted by Gasteiger charge is -2.18. The molecule has 0 aromatic heterocycles. The van der Waals surface area contributed by atoms with E-state index in [2.05, 4.69) is 5.32 Å². The van der Waals surface area contributed by atoms with Crippen molar-refractivity contribution in [3.63, 3.8) is 0 Å². The van der Waals surface area contributed by atoms with E-state index in [4.69, 9.17) is 10.5 Å². The fourth-order valence-corrected chi connectivity index (χ4v) is 1.80. The van der Waals surface area contributed by atoms with Gasteiger partial charge in [-0.1, -0.05) is 19.1 Å². The molecule has 4 nitrogen and oxygen atoms in total. The molecule has 0 bridgehead atoms. The largest absolute Gasteiger partial charge is 0.497 e. The Bertz CT molecular complexity index is 374. The van der Waals surface area contributed by atoms with Crippen LogP contribution in [0, 0.1) is 0 Å². The van der Waals surface area contributed by atoms with E-state index in [-0.39, 0.29) is 18.0 Å². The molecule has 1 aromatic rings. The molecule has 0 spiro atoms. The molecule has 0 aliphatic rings. The Balaban J connectivity index is 2.67. The van der Waals surface area contributed by atoms with Gasteiger partial charge in [0, 0.05) is 12.5 Å². The molecular weight excluding hydrogens is 228 g/mol. The Morgan fingerprint density at radius 1 is 1.39 bits per heavy atom. The van der Waals surface area contributed by atoms with E-state index in [1.165, 1.54) is 0 Å². The van der Waals surface area contributed by atoms with Gasteiger partial charge in [0.05, 0.1) is 13.2 Å². The molecular formula is C14H22N2O2. The summed E-state index contributed by atoms with van der Waals surface area (Å²) < 4.78 is 5.11. The maximum Gasteiger partial charge on any atom is 0.222 e. The van der Waals surface area contributed by atoms with E-state index >= 15 is 0 Å². The van der Waals surface area contributed by atoms with Crippen molar-refractivity contribution in [3.05, 3.63) is 29.8 Å². The fourth-order valence-electron chi connectivity index (χ4n) is 1.80. The van der Waals surface area contributed by atoms with Gasteiger partial charge in [-0.3, -0.25) is 4.79 Å². The normalized spacial score (nSPS) is 13.8. The number of rotatable bonds is 6. The summed E-state index contributed by atoms with van der Waals surface area (Å²) in [5, 5.41) is 2.99. The number of nitrogens with two attached hydrogens (primary N) is 1. The summed E-state index contributed by atoms with van der Waals surface area (Å²) in [5.74, 6) is 0.808. The maximum absolute atomic E-state index is 11.7. The zero-order chi connectivity index (χ0) is 13.5. The van der Waals surface area contributed by atoms with Gasteiger partial charge in [-0.25, -0.2) is 0 Å². The quantitative estimate of drug-likeness (QED) is 0.811. The maximum atomic E-state index is 11.7. The van der Waals surface area contributed by atoms with Gasteiger partial charge in [0.1, 0.15) is 5.75 Å². The number of carbonyl (C=O) groups excluding carboxylic acids is 1. The molecule has 0 aliphatic heterocycles. The van der Waals surface area contributed by atoms with E-state index in [0.717, 1.165) is 17.7 Å². The van der Waals surface area contributed by atoms with Crippen LogP contribution in [0.15, 0.2) is 24.3 Å². The van der Waals surface area contributed by atoms with Crippen molar-refractivity contribution < 1.29 is 9.53 Å². The number of benzene rings is 1. The highest BCUT2D eigenvalue weighted by molar-refractivity contribution is 5.77. The van der Waals surface area contributed by atoms with Crippen molar-refractivity contribution in [3.8, 4) is 5.75 Å². The van der Waals surface area contributed by atoms with Gasteiger partial charge in [-0.15, -0.1) is 0 Å². The molecule has 3 N–H and O–H groups in total. The molecule has 18 heavy (non-hydrogen) atoms. The third-order valence-electron chi connectivity index (χ3n) is 2.77. The van der Waals surface area contributed by atoms with Crippen LogP contribution in [-0.2, 0) is 4.79 Å². The van der Waals surface area contributed by atoms with Crippen molar-refractivity contribution >= 4 is 5.91 Å². The summed E-state index contributed by atoms with van der Waals surface area (Å²) in [7, 11) is 1.64. The van der Waals surface area contributed by atoms with Gasteiger partial charge in [-0.2, -0.15) is 0 Å². The number of hydrogen-bond donors (Lipinski definition) is 2. The lowest BCUT2D eigenvalue weighted by atomic mass is 10.0. The molecule has 0 saturated heterocycles. The summed E-state index contributed by atoms with van der Waals surface area (Å²) >= 11 is 0. The van der Waals surface area contributed by atoms with Crippen molar-refractivity contribution in [1.82, 2.24) is 5.32 Å². The minimum absolute atomic E-state index is 0.00679. The second-order valence-corrected chi connectivity index (χ2v) is 4.48. The second kappa shape index (κ2) is 7.01. The van der Waals surface area contributed by atoms with Crippen molar-refractivity contribution in [2.75, 3.05) is 7.11 Å². The minimum atomic E-state index is -0.113. The summed E-state index contributed by atoms with van der Waals surface area (Å²) in [5.41, 5.74) is 6.69. The number of nitrogens with one attached hydrogen (secondary N) is 1. The number of methoxy groups -OCH3 is 1. The third kappa shape index (κ3) is 4.37. The van der Waals surface area contributed by atoms with Gasteiger partial charge in [0.2, 0.25) is 5.91 Å². The van der Waals surface area contributed by atoms with Crippen LogP contribution in [0.3, 0.4) is 0 Å². The van der Waals surface area contributed by atoms with Crippen LogP contribution < -0.4 is 15.8 Å². The number of hydrogen-bond acceptors (Lipinski definition) is 3. The van der Waals surface area contributed by atoms with Crippen LogP contribution in [0.1, 0.15) is 38.3 Å². The molecule has 100 valence electrons. The zero-order valence-electron chi connectivity index (χ0n) is 11.3. The molecule has 0 fully saturated rings. The van der Waals surface area contributed by atoms with Gasteiger partial charge in [0.25, 0.3) is 0 Å². The lowest BCUT2D eigenvalue weighted by Crippen LogP contribution is -2.32. The first-order valence-electron chi connectivity index (χ1n) is 6.25. The van der Waals surface area contributed by atoms with Crippen LogP contribution in [0.2, 0.25) is 0 Å². The first kappa shape index (κ1) is 14.5. The van der Waals surface area contributed by atoms with Crippen LogP contribution in [0.5, 0.6) is 5.75 Å². The molecule has 0 radical (unpaired) electrons. The van der Waals surface area contributed by atoms with Crippen molar-refractivity contribution in [1.29, 1.82) is 0 Å². The van der Waals surface area contributed by atoms with Gasteiger partial charge in [0.15, 0.2) is 0 Å². The van der Waals surface area contributed by atoms with Crippen LogP contribution in [0.25, 0.3) is 0 Å². The summed E-state index contributed by atoms with van der Waals surface area (Å²) in [4.78, 5) is 11.7. The minimum Gasteiger partial charge on any atom is -0.497 e. The molecule has 2 atom stereocenters. The molecule has 1 rings (SSSR count). The highest BCUT2D eigenvalue weighted by Crippen LogP contribution is 2.20. The molecule has 1 aromatic carbocycles. The average molecular weight is 250 g/mol. The van der Waals surface area contributed by atoms with Crippen LogP contribution >= 0.6 is 0 Å². The monoisotopic (exact) mass is 250 g/mol. The third-order valence-corrected chi connectivity index (χ3v) is 2.77. The van der Waals surface area contributed by atoms with E-state index in [1.54, 1.807) is 7.11 Å². The Hall–Kier alpha value is -1.55. The first-order valence-corrected chi connectivity index (χ1v) is 6.25. The van der Waals surface area contributed by atoms with Crippen LogP contribution in [-0.4, -0.2) is 19.1 Å². The van der Waals surface area contributed by atoms with E-state index < -0.39 is 0 Å². The predicted octanol–water partition coefficient (Wildman–Crippen LogP) is 2.00. The molecule has 0 heterocycles. The first-order chi connectivity index (χ1) is 8.56. The van der Waals surface area contributed by atoms with Crippen molar-refractivity contribution in [2.45, 2.75) is 38.8 Å². The topological polar surface area (TPSA) is 64.4 Å².